The molecule has 5 heteroatoms. The highest BCUT2D eigenvalue weighted by Gasteiger charge is 2.50. The summed E-state index contributed by atoms with van der Waals surface area (Å²) in [5, 5.41) is 18.7. The van der Waals surface area contributed by atoms with Gasteiger partial charge in [-0.25, -0.2) is 4.39 Å². The van der Waals surface area contributed by atoms with Crippen LogP contribution >= 0.6 is 0 Å². The average Bonchev–Trinajstić information content (AvgIpc) is 3.11. The predicted octanol–water partition coefficient (Wildman–Crippen LogP) is 5.30. The van der Waals surface area contributed by atoms with Crippen LogP contribution in [0.5, 0.6) is 0 Å². The summed E-state index contributed by atoms with van der Waals surface area (Å²) in [7, 11) is 0. The maximum atomic E-state index is 14.8. The summed E-state index contributed by atoms with van der Waals surface area (Å²) >= 11 is 0. The molecule has 4 atom stereocenters. The second kappa shape index (κ2) is 9.83. The number of aliphatic carboxylic acids is 1. The number of aliphatic hydroxyl groups excluding tert-OH is 1. The highest BCUT2D eigenvalue weighted by atomic mass is 19.1. The van der Waals surface area contributed by atoms with Crippen molar-refractivity contribution >= 4 is 5.97 Å². The van der Waals surface area contributed by atoms with Gasteiger partial charge in [-0.1, -0.05) is 38.3 Å². The van der Waals surface area contributed by atoms with E-state index in [4.69, 9.17) is 9.84 Å². The summed E-state index contributed by atoms with van der Waals surface area (Å²) in [4.78, 5) is 10.5. The van der Waals surface area contributed by atoms with Gasteiger partial charge in [0.05, 0.1) is 0 Å². The molecule has 0 amide bonds. The Hall–Kier alpha value is -1.52. The molecular formula is C20H31FO4. The molecule has 1 saturated carbocycles. The van der Waals surface area contributed by atoms with Crippen LogP contribution in [0.4, 0.5) is 4.39 Å². The van der Waals surface area contributed by atoms with E-state index in [9.17, 15) is 14.3 Å². The standard InChI is InChI=1S/C20H31FO4/c1-2-3-4-5-6-7-9-14-12-13-16-18(14)19(21)20(25-16)15(22)10-8-11-17(23)24/h7,9,14,16,18-19,22H,2-6,8,10-13H2,1H3,(H,23,24)/t14-,16?,18+,19?/m0/s1. The monoisotopic (exact) mass is 354 g/mol. The maximum absolute atomic E-state index is 14.8. The number of halogens is 1. The topological polar surface area (TPSA) is 66.8 Å². The molecule has 1 heterocycles. The quantitative estimate of drug-likeness (QED) is 0.317. The Kier molecular flexibility index (Phi) is 7.79. The Balaban J connectivity index is 1.87. The second-order valence-electron chi connectivity index (χ2n) is 7.21. The van der Waals surface area contributed by atoms with Gasteiger partial charge in [0.25, 0.3) is 0 Å². The van der Waals surface area contributed by atoms with Crippen LogP contribution in [0.15, 0.2) is 23.7 Å². The molecule has 2 rings (SSSR count). The molecule has 2 fully saturated rings. The van der Waals surface area contributed by atoms with Crippen molar-refractivity contribution in [3.63, 3.8) is 0 Å². The van der Waals surface area contributed by atoms with E-state index in [-0.39, 0.29) is 48.7 Å². The molecule has 0 bridgehead atoms. The molecule has 25 heavy (non-hydrogen) atoms. The van der Waals surface area contributed by atoms with Crippen LogP contribution < -0.4 is 0 Å². The van der Waals surface area contributed by atoms with Gasteiger partial charge in [-0.3, -0.25) is 4.79 Å². The third-order valence-electron chi connectivity index (χ3n) is 5.27. The van der Waals surface area contributed by atoms with Crippen molar-refractivity contribution in [2.45, 2.75) is 83.4 Å². The first-order valence-corrected chi connectivity index (χ1v) is 9.65. The minimum absolute atomic E-state index is 0.0372. The molecule has 142 valence electrons. The lowest BCUT2D eigenvalue weighted by Gasteiger charge is -2.15. The number of aliphatic hydroxyl groups is 1. The predicted molar refractivity (Wildman–Crippen MR) is 95.0 cm³/mol. The summed E-state index contributed by atoms with van der Waals surface area (Å²) in [5.74, 6) is -1.05. The van der Waals surface area contributed by atoms with Crippen molar-refractivity contribution in [3.8, 4) is 0 Å². The maximum Gasteiger partial charge on any atom is 0.303 e. The van der Waals surface area contributed by atoms with Gasteiger partial charge in [-0.15, -0.1) is 0 Å². The third-order valence-corrected chi connectivity index (χ3v) is 5.27. The molecule has 2 N–H and O–H groups in total. The number of alkyl halides is 1. The van der Waals surface area contributed by atoms with Gasteiger partial charge >= 0.3 is 5.97 Å². The Labute approximate surface area is 149 Å². The molecule has 0 aromatic carbocycles. The number of unbranched alkanes of at least 4 members (excludes halogenated alkanes) is 4. The van der Waals surface area contributed by atoms with Gasteiger partial charge in [0.15, 0.2) is 11.9 Å². The molecule has 4 nitrogen and oxygen atoms in total. The van der Waals surface area contributed by atoms with E-state index in [1.807, 2.05) is 0 Å². The van der Waals surface area contributed by atoms with Crippen molar-refractivity contribution < 1.29 is 24.1 Å². The number of carboxylic acid groups (broad SMARTS) is 1. The highest BCUT2D eigenvalue weighted by Crippen LogP contribution is 2.47. The van der Waals surface area contributed by atoms with Gasteiger partial charge < -0.3 is 14.9 Å². The number of carboxylic acids is 1. The molecule has 0 spiro atoms. The van der Waals surface area contributed by atoms with E-state index >= 15 is 0 Å². The Bertz CT molecular complexity index is 500. The minimum Gasteiger partial charge on any atom is -0.509 e. The van der Waals surface area contributed by atoms with Crippen LogP contribution in [0.2, 0.25) is 0 Å². The van der Waals surface area contributed by atoms with Crippen LogP contribution in [0.3, 0.4) is 0 Å². The zero-order valence-electron chi connectivity index (χ0n) is 15.1. The number of fused-ring (bicyclic) bond motifs is 1. The molecule has 2 unspecified atom stereocenters. The Morgan fingerprint density at radius 3 is 2.72 bits per heavy atom. The lowest BCUT2D eigenvalue weighted by Crippen LogP contribution is -2.21. The van der Waals surface area contributed by atoms with Crippen LogP contribution in [0.25, 0.3) is 0 Å². The van der Waals surface area contributed by atoms with Gasteiger partial charge in [0.1, 0.15) is 11.9 Å². The fourth-order valence-electron chi connectivity index (χ4n) is 3.91. The fraction of sp³-hybridized carbons (Fsp3) is 0.750. The van der Waals surface area contributed by atoms with Crippen LogP contribution in [0.1, 0.15) is 71.1 Å². The van der Waals surface area contributed by atoms with E-state index < -0.39 is 12.1 Å². The van der Waals surface area contributed by atoms with Crippen molar-refractivity contribution in [3.05, 3.63) is 23.7 Å². The molecular weight excluding hydrogens is 323 g/mol. The lowest BCUT2D eigenvalue weighted by molar-refractivity contribution is -0.137. The van der Waals surface area contributed by atoms with Gasteiger partial charge in [-0.2, -0.15) is 0 Å². The summed E-state index contributed by atoms with van der Waals surface area (Å²) in [6.45, 7) is 2.19. The van der Waals surface area contributed by atoms with Gasteiger partial charge in [-0.05, 0) is 38.0 Å². The molecule has 0 aromatic rings. The summed E-state index contributed by atoms with van der Waals surface area (Å²) < 4.78 is 20.5. The summed E-state index contributed by atoms with van der Waals surface area (Å²) in [5.41, 5.74) is 0. The van der Waals surface area contributed by atoms with Crippen molar-refractivity contribution in [1.82, 2.24) is 0 Å². The van der Waals surface area contributed by atoms with Crippen molar-refractivity contribution in [1.29, 1.82) is 0 Å². The summed E-state index contributed by atoms with van der Waals surface area (Å²) in [6, 6.07) is 0. The smallest absolute Gasteiger partial charge is 0.303 e. The zero-order valence-corrected chi connectivity index (χ0v) is 15.1. The number of rotatable bonds is 10. The first-order valence-electron chi connectivity index (χ1n) is 9.65. The van der Waals surface area contributed by atoms with Gasteiger partial charge in [0.2, 0.25) is 0 Å². The molecule has 0 radical (unpaired) electrons. The first kappa shape index (κ1) is 19.8. The Morgan fingerprint density at radius 2 is 2.00 bits per heavy atom. The van der Waals surface area contributed by atoms with Crippen molar-refractivity contribution in [2.75, 3.05) is 0 Å². The molecule has 0 aromatic heterocycles. The average molecular weight is 354 g/mol. The number of hydrogen-bond donors (Lipinski definition) is 2. The van der Waals surface area contributed by atoms with Gasteiger partial charge in [0, 0.05) is 18.8 Å². The van der Waals surface area contributed by atoms with Crippen LogP contribution in [-0.4, -0.2) is 28.5 Å². The third kappa shape index (κ3) is 5.48. The number of carbonyl (C=O) groups is 1. The van der Waals surface area contributed by atoms with Crippen molar-refractivity contribution in [2.24, 2.45) is 11.8 Å². The molecule has 2 aliphatic rings. The van der Waals surface area contributed by atoms with Crippen LogP contribution in [0, 0.1) is 11.8 Å². The normalized spacial score (nSPS) is 30.5. The molecule has 1 saturated heterocycles. The van der Waals surface area contributed by atoms with E-state index in [2.05, 4.69) is 19.1 Å². The van der Waals surface area contributed by atoms with E-state index in [0.29, 0.717) is 0 Å². The van der Waals surface area contributed by atoms with E-state index in [0.717, 1.165) is 19.3 Å². The number of allylic oxidation sites excluding steroid dienone is 4. The second-order valence-corrected chi connectivity index (χ2v) is 7.21. The fourth-order valence-corrected chi connectivity index (χ4v) is 3.91. The van der Waals surface area contributed by atoms with E-state index in [1.165, 1.54) is 25.7 Å². The number of ether oxygens (including phenoxy) is 1. The van der Waals surface area contributed by atoms with E-state index in [1.54, 1.807) is 0 Å². The lowest BCUT2D eigenvalue weighted by atomic mass is 9.90. The molecule has 1 aliphatic carbocycles. The minimum atomic E-state index is -1.29. The molecule has 1 aliphatic heterocycles. The summed E-state index contributed by atoms with van der Waals surface area (Å²) in [6.07, 6.45) is 10.9. The SMILES string of the molecule is CCCCCCC=C[C@H]1CCC2OC(=C(O)CCCC(=O)O)C(F)[C@@H]21. The first-order chi connectivity index (χ1) is 12.0. The van der Waals surface area contributed by atoms with Crippen LogP contribution in [-0.2, 0) is 9.53 Å². The highest BCUT2D eigenvalue weighted by molar-refractivity contribution is 5.66. The number of hydrogen-bond acceptors (Lipinski definition) is 3. The Morgan fingerprint density at radius 1 is 1.20 bits per heavy atom. The largest absolute Gasteiger partial charge is 0.509 e. The zero-order chi connectivity index (χ0) is 18.2.